The van der Waals surface area contributed by atoms with Gasteiger partial charge in [-0.3, -0.25) is 4.79 Å². The summed E-state index contributed by atoms with van der Waals surface area (Å²) in [7, 11) is 3.16. The van der Waals surface area contributed by atoms with E-state index in [9.17, 15) is 4.79 Å². The molecule has 1 amide bonds. The zero-order chi connectivity index (χ0) is 13.5. The van der Waals surface area contributed by atoms with E-state index in [2.05, 4.69) is 10.3 Å². The molecule has 1 rings (SSSR count). The van der Waals surface area contributed by atoms with Crippen LogP contribution in [0.1, 0.15) is 28.5 Å². The molecule has 7 heteroatoms. The molecule has 0 aliphatic carbocycles. The SMILES string of the molecule is COCC(CNC(=O)c1csc(C(C)N)n1)OC. The van der Waals surface area contributed by atoms with Crippen molar-refractivity contribution in [2.45, 2.75) is 19.1 Å². The van der Waals surface area contributed by atoms with Crippen LogP contribution in [0.2, 0.25) is 0 Å². The number of nitrogens with zero attached hydrogens (tertiary/aromatic N) is 1. The standard InChI is InChI=1S/C11H19N3O3S/c1-7(12)11-14-9(6-18-11)10(15)13-4-8(17-3)5-16-2/h6-8H,4-5,12H2,1-3H3,(H,13,15). The van der Waals surface area contributed by atoms with E-state index in [1.165, 1.54) is 11.3 Å². The van der Waals surface area contributed by atoms with Crippen LogP contribution in [0.25, 0.3) is 0 Å². The van der Waals surface area contributed by atoms with Gasteiger partial charge in [0.15, 0.2) is 0 Å². The van der Waals surface area contributed by atoms with Gasteiger partial charge in [-0.15, -0.1) is 11.3 Å². The number of amides is 1. The molecule has 6 nitrogen and oxygen atoms in total. The van der Waals surface area contributed by atoms with E-state index >= 15 is 0 Å². The van der Waals surface area contributed by atoms with E-state index in [4.69, 9.17) is 15.2 Å². The van der Waals surface area contributed by atoms with Gasteiger partial charge in [0, 0.05) is 26.1 Å². The maximum Gasteiger partial charge on any atom is 0.270 e. The van der Waals surface area contributed by atoms with Crippen LogP contribution < -0.4 is 11.1 Å². The summed E-state index contributed by atoms with van der Waals surface area (Å²) in [6.07, 6.45) is -0.162. The lowest BCUT2D eigenvalue weighted by atomic mass is 10.3. The van der Waals surface area contributed by atoms with Gasteiger partial charge < -0.3 is 20.5 Å². The van der Waals surface area contributed by atoms with E-state index in [0.717, 1.165) is 5.01 Å². The van der Waals surface area contributed by atoms with Gasteiger partial charge in [-0.2, -0.15) is 0 Å². The van der Waals surface area contributed by atoms with Crippen molar-refractivity contribution < 1.29 is 14.3 Å². The number of ether oxygens (including phenoxy) is 2. The highest BCUT2D eigenvalue weighted by Crippen LogP contribution is 2.15. The van der Waals surface area contributed by atoms with Crippen LogP contribution in [-0.4, -0.2) is 44.4 Å². The number of carbonyl (C=O) groups is 1. The van der Waals surface area contributed by atoms with Crippen LogP contribution in [0.3, 0.4) is 0 Å². The lowest BCUT2D eigenvalue weighted by molar-refractivity contribution is 0.0285. The minimum absolute atomic E-state index is 0.156. The Kier molecular flexibility index (Phi) is 6.20. The van der Waals surface area contributed by atoms with Gasteiger partial charge in [0.2, 0.25) is 0 Å². The van der Waals surface area contributed by atoms with E-state index < -0.39 is 0 Å². The van der Waals surface area contributed by atoms with Crippen LogP contribution in [-0.2, 0) is 9.47 Å². The molecule has 2 atom stereocenters. The molecular weight excluding hydrogens is 254 g/mol. The van der Waals surface area contributed by atoms with Gasteiger partial charge in [-0.1, -0.05) is 0 Å². The van der Waals surface area contributed by atoms with Gasteiger partial charge in [0.25, 0.3) is 5.91 Å². The van der Waals surface area contributed by atoms with Crippen molar-refractivity contribution in [3.8, 4) is 0 Å². The Labute approximate surface area is 110 Å². The summed E-state index contributed by atoms with van der Waals surface area (Å²) in [6.45, 7) is 2.65. The number of nitrogens with two attached hydrogens (primary N) is 1. The molecule has 0 aliphatic heterocycles. The van der Waals surface area contributed by atoms with Gasteiger partial charge in [-0.05, 0) is 6.92 Å². The monoisotopic (exact) mass is 273 g/mol. The highest BCUT2D eigenvalue weighted by molar-refractivity contribution is 7.09. The van der Waals surface area contributed by atoms with Crippen LogP contribution in [0, 0.1) is 0 Å². The molecule has 0 aliphatic rings. The number of aromatic nitrogens is 1. The zero-order valence-corrected chi connectivity index (χ0v) is 11.6. The van der Waals surface area contributed by atoms with Crippen molar-refractivity contribution in [2.75, 3.05) is 27.4 Å². The Balaban J connectivity index is 2.49. The Morgan fingerprint density at radius 1 is 1.61 bits per heavy atom. The second kappa shape index (κ2) is 7.42. The number of carbonyl (C=O) groups excluding carboxylic acids is 1. The fourth-order valence-corrected chi connectivity index (χ4v) is 2.05. The first kappa shape index (κ1) is 15.0. The molecule has 0 bridgehead atoms. The van der Waals surface area contributed by atoms with E-state index in [0.29, 0.717) is 18.8 Å². The summed E-state index contributed by atoms with van der Waals surface area (Å²) < 4.78 is 10.1. The van der Waals surface area contributed by atoms with Crippen molar-refractivity contribution >= 4 is 17.2 Å². The number of methoxy groups -OCH3 is 2. The fourth-order valence-electron chi connectivity index (χ4n) is 1.29. The first-order valence-electron chi connectivity index (χ1n) is 5.59. The molecule has 102 valence electrons. The van der Waals surface area contributed by atoms with E-state index in [-0.39, 0.29) is 18.1 Å². The summed E-state index contributed by atoms with van der Waals surface area (Å²) in [4.78, 5) is 16.0. The fraction of sp³-hybridized carbons (Fsp3) is 0.636. The number of nitrogens with one attached hydrogen (secondary N) is 1. The molecule has 0 radical (unpaired) electrons. The Hall–Kier alpha value is -1.02. The smallest absolute Gasteiger partial charge is 0.270 e. The Morgan fingerprint density at radius 2 is 2.33 bits per heavy atom. The van der Waals surface area contributed by atoms with E-state index in [1.54, 1.807) is 19.6 Å². The van der Waals surface area contributed by atoms with Crippen LogP contribution in [0.4, 0.5) is 0 Å². The van der Waals surface area contributed by atoms with Gasteiger partial charge in [0.1, 0.15) is 10.7 Å². The third-order valence-corrected chi connectivity index (χ3v) is 3.37. The van der Waals surface area contributed by atoms with Crippen molar-refractivity contribution in [1.82, 2.24) is 10.3 Å². The molecular formula is C11H19N3O3S. The number of hydrogen-bond donors (Lipinski definition) is 2. The van der Waals surface area contributed by atoms with Crippen LogP contribution in [0.15, 0.2) is 5.38 Å². The minimum Gasteiger partial charge on any atom is -0.382 e. The van der Waals surface area contributed by atoms with Gasteiger partial charge >= 0.3 is 0 Å². The second-order valence-corrected chi connectivity index (χ2v) is 4.77. The average Bonchev–Trinajstić information content (AvgIpc) is 2.83. The predicted octanol–water partition coefficient (Wildman–Crippen LogP) is 0.554. The number of rotatable bonds is 7. The van der Waals surface area contributed by atoms with E-state index in [1.807, 2.05) is 6.92 Å². The maximum atomic E-state index is 11.8. The number of thiazole rings is 1. The Morgan fingerprint density at radius 3 is 2.83 bits per heavy atom. The quantitative estimate of drug-likeness (QED) is 0.758. The molecule has 1 heterocycles. The average molecular weight is 273 g/mol. The summed E-state index contributed by atoms with van der Waals surface area (Å²) >= 11 is 1.38. The summed E-state index contributed by atoms with van der Waals surface area (Å²) in [5, 5.41) is 5.20. The molecule has 3 N–H and O–H groups in total. The molecule has 0 spiro atoms. The molecule has 0 saturated carbocycles. The molecule has 0 aromatic carbocycles. The lowest BCUT2D eigenvalue weighted by Crippen LogP contribution is -2.35. The minimum atomic E-state index is -0.226. The van der Waals surface area contributed by atoms with Crippen molar-refractivity contribution in [2.24, 2.45) is 5.73 Å². The van der Waals surface area contributed by atoms with Gasteiger partial charge in [-0.25, -0.2) is 4.98 Å². The Bertz CT molecular complexity index is 381. The molecule has 0 saturated heterocycles. The van der Waals surface area contributed by atoms with Crippen LogP contribution >= 0.6 is 11.3 Å². The zero-order valence-electron chi connectivity index (χ0n) is 10.8. The molecule has 18 heavy (non-hydrogen) atoms. The highest BCUT2D eigenvalue weighted by atomic mass is 32.1. The maximum absolute atomic E-state index is 11.8. The highest BCUT2D eigenvalue weighted by Gasteiger charge is 2.14. The van der Waals surface area contributed by atoms with Gasteiger partial charge in [0.05, 0.1) is 18.8 Å². The van der Waals surface area contributed by atoms with Crippen molar-refractivity contribution in [1.29, 1.82) is 0 Å². The first-order valence-corrected chi connectivity index (χ1v) is 6.47. The third kappa shape index (κ3) is 4.34. The normalized spacial score (nSPS) is 14.2. The number of hydrogen-bond acceptors (Lipinski definition) is 6. The molecule has 0 fully saturated rings. The van der Waals surface area contributed by atoms with Crippen molar-refractivity contribution in [3.05, 3.63) is 16.1 Å². The lowest BCUT2D eigenvalue weighted by Gasteiger charge is -2.14. The molecule has 2 unspecified atom stereocenters. The topological polar surface area (TPSA) is 86.5 Å². The first-order chi connectivity index (χ1) is 8.58. The van der Waals surface area contributed by atoms with Crippen LogP contribution in [0.5, 0.6) is 0 Å². The third-order valence-electron chi connectivity index (χ3n) is 2.32. The predicted molar refractivity (Wildman–Crippen MR) is 69.7 cm³/mol. The second-order valence-electron chi connectivity index (χ2n) is 3.88. The molecule has 1 aromatic rings. The summed E-state index contributed by atoms with van der Waals surface area (Å²) in [5.74, 6) is -0.226. The summed E-state index contributed by atoms with van der Waals surface area (Å²) in [6, 6.07) is -0.156. The summed E-state index contributed by atoms with van der Waals surface area (Å²) in [5.41, 5.74) is 6.08. The molecule has 1 aromatic heterocycles. The van der Waals surface area contributed by atoms with Crippen molar-refractivity contribution in [3.63, 3.8) is 0 Å². The largest absolute Gasteiger partial charge is 0.382 e.